The number of alkyl halides is 3. The molecule has 4 N–H and O–H groups in total. The Hall–Kier alpha value is -2.41. The lowest BCUT2D eigenvalue weighted by Gasteiger charge is -2.22. The van der Waals surface area contributed by atoms with E-state index in [0.717, 1.165) is 17.0 Å². The van der Waals surface area contributed by atoms with Crippen molar-refractivity contribution in [1.82, 2.24) is 0 Å². The van der Waals surface area contributed by atoms with Crippen molar-refractivity contribution in [3.05, 3.63) is 53.1 Å². The molecule has 0 aliphatic rings. The SMILES string of the molecule is NC(=O)N(c1ccc(N)cc1)c1ccc(Cl)c(C(F)(F)F)c1. The first kappa shape index (κ1) is 16.0. The van der Waals surface area contributed by atoms with Crippen LogP contribution in [0, 0.1) is 0 Å². The number of rotatable bonds is 2. The number of benzene rings is 2. The molecule has 0 heterocycles. The third-order valence-corrected chi connectivity index (χ3v) is 3.21. The number of nitrogen functional groups attached to an aromatic ring is 1. The van der Waals surface area contributed by atoms with Gasteiger partial charge in [-0.1, -0.05) is 11.6 Å². The van der Waals surface area contributed by atoms with Crippen LogP contribution in [-0.4, -0.2) is 6.03 Å². The van der Waals surface area contributed by atoms with E-state index < -0.39 is 22.8 Å². The lowest BCUT2D eigenvalue weighted by Crippen LogP contribution is -2.31. The minimum Gasteiger partial charge on any atom is -0.399 e. The van der Waals surface area contributed by atoms with Crippen LogP contribution in [0.15, 0.2) is 42.5 Å². The van der Waals surface area contributed by atoms with Crippen molar-refractivity contribution in [3.63, 3.8) is 0 Å². The van der Waals surface area contributed by atoms with Crippen LogP contribution in [-0.2, 0) is 6.18 Å². The Labute approximate surface area is 129 Å². The van der Waals surface area contributed by atoms with Gasteiger partial charge in [-0.05, 0) is 42.5 Å². The van der Waals surface area contributed by atoms with Gasteiger partial charge in [0, 0.05) is 5.69 Å². The van der Waals surface area contributed by atoms with Crippen LogP contribution in [0.3, 0.4) is 0 Å². The highest BCUT2D eigenvalue weighted by molar-refractivity contribution is 6.31. The first-order chi connectivity index (χ1) is 10.2. The van der Waals surface area contributed by atoms with E-state index in [1.54, 1.807) is 0 Å². The van der Waals surface area contributed by atoms with Crippen molar-refractivity contribution in [2.75, 3.05) is 10.6 Å². The average molecular weight is 330 g/mol. The van der Waals surface area contributed by atoms with Crippen molar-refractivity contribution in [2.24, 2.45) is 5.73 Å². The maximum absolute atomic E-state index is 12.9. The van der Waals surface area contributed by atoms with E-state index in [4.69, 9.17) is 23.1 Å². The average Bonchev–Trinajstić information content (AvgIpc) is 2.41. The normalized spacial score (nSPS) is 11.3. The number of halogens is 4. The van der Waals surface area contributed by atoms with Gasteiger partial charge in [-0.3, -0.25) is 4.90 Å². The summed E-state index contributed by atoms with van der Waals surface area (Å²) in [7, 11) is 0. The molecule has 0 saturated carbocycles. The number of nitrogens with two attached hydrogens (primary N) is 2. The first-order valence-electron chi connectivity index (χ1n) is 6.02. The molecule has 2 rings (SSSR count). The molecule has 8 heteroatoms. The second-order valence-electron chi connectivity index (χ2n) is 4.43. The largest absolute Gasteiger partial charge is 0.417 e. The number of nitrogens with zero attached hydrogens (tertiary/aromatic N) is 1. The van der Waals surface area contributed by atoms with Crippen LogP contribution in [0.5, 0.6) is 0 Å². The van der Waals surface area contributed by atoms with E-state index in [-0.39, 0.29) is 11.4 Å². The Morgan fingerprint density at radius 2 is 1.59 bits per heavy atom. The van der Waals surface area contributed by atoms with E-state index in [1.165, 1.54) is 30.3 Å². The number of carbonyl (C=O) groups is 1. The number of hydrogen-bond donors (Lipinski definition) is 2. The molecule has 22 heavy (non-hydrogen) atoms. The second-order valence-corrected chi connectivity index (χ2v) is 4.83. The molecule has 0 unspecified atom stereocenters. The van der Waals surface area contributed by atoms with Crippen molar-refractivity contribution in [1.29, 1.82) is 0 Å². The molecule has 0 saturated heterocycles. The van der Waals surface area contributed by atoms with Crippen molar-refractivity contribution in [2.45, 2.75) is 6.18 Å². The Morgan fingerprint density at radius 3 is 2.09 bits per heavy atom. The number of urea groups is 1. The van der Waals surface area contributed by atoms with E-state index in [9.17, 15) is 18.0 Å². The Balaban J connectivity index is 2.55. The molecule has 116 valence electrons. The minimum absolute atomic E-state index is 0.0472. The van der Waals surface area contributed by atoms with E-state index in [2.05, 4.69) is 0 Å². The van der Waals surface area contributed by atoms with Crippen molar-refractivity contribution >= 4 is 34.7 Å². The van der Waals surface area contributed by atoms with Gasteiger partial charge in [-0.25, -0.2) is 4.79 Å². The number of anilines is 3. The van der Waals surface area contributed by atoms with Crippen LogP contribution in [0.25, 0.3) is 0 Å². The highest BCUT2D eigenvalue weighted by atomic mass is 35.5. The molecule has 0 spiro atoms. The summed E-state index contributed by atoms with van der Waals surface area (Å²) in [5, 5.41) is -0.460. The minimum atomic E-state index is -4.64. The number of carbonyl (C=O) groups excluding carboxylic acids is 1. The van der Waals surface area contributed by atoms with Gasteiger partial charge in [0.25, 0.3) is 0 Å². The fourth-order valence-corrected chi connectivity index (χ4v) is 2.12. The lowest BCUT2D eigenvalue weighted by molar-refractivity contribution is -0.137. The van der Waals surface area contributed by atoms with Gasteiger partial charge in [0.05, 0.1) is 22.0 Å². The first-order valence-corrected chi connectivity index (χ1v) is 6.40. The van der Waals surface area contributed by atoms with Gasteiger partial charge in [0.15, 0.2) is 0 Å². The summed E-state index contributed by atoms with van der Waals surface area (Å²) in [5.41, 5.74) is 10.5. The van der Waals surface area contributed by atoms with Crippen LogP contribution in [0.2, 0.25) is 5.02 Å². The second kappa shape index (κ2) is 5.76. The zero-order valence-electron chi connectivity index (χ0n) is 11.1. The van der Waals surface area contributed by atoms with Gasteiger partial charge in [0.1, 0.15) is 0 Å². The molecule has 0 bridgehead atoms. The molecule has 2 aromatic rings. The summed E-state index contributed by atoms with van der Waals surface area (Å²) in [6, 6.07) is 8.14. The highest BCUT2D eigenvalue weighted by Crippen LogP contribution is 2.38. The molecular formula is C14H11ClF3N3O. The molecule has 0 aliphatic carbocycles. The van der Waals surface area contributed by atoms with Gasteiger partial charge in [-0.15, -0.1) is 0 Å². The molecule has 0 aliphatic heterocycles. The predicted octanol–water partition coefficient (Wildman–Crippen LogP) is 4.16. The molecule has 0 atom stereocenters. The summed E-state index contributed by atoms with van der Waals surface area (Å²) in [5.74, 6) is 0. The topological polar surface area (TPSA) is 72.4 Å². The number of hydrogen-bond acceptors (Lipinski definition) is 2. The maximum Gasteiger partial charge on any atom is 0.417 e. The van der Waals surface area contributed by atoms with Crippen molar-refractivity contribution in [3.8, 4) is 0 Å². The van der Waals surface area contributed by atoms with E-state index in [1.807, 2.05) is 0 Å². The zero-order chi connectivity index (χ0) is 16.5. The fourth-order valence-electron chi connectivity index (χ4n) is 1.90. The van der Waals surface area contributed by atoms with Crippen LogP contribution >= 0.6 is 11.6 Å². The van der Waals surface area contributed by atoms with Gasteiger partial charge < -0.3 is 11.5 Å². The van der Waals surface area contributed by atoms with E-state index >= 15 is 0 Å². The number of primary amides is 1. The standard InChI is InChI=1S/C14H11ClF3N3O/c15-12-6-5-10(7-11(12)14(16,17)18)21(13(20)22)9-3-1-8(19)2-4-9/h1-7H,19H2,(H2,20,22). The maximum atomic E-state index is 12.9. The zero-order valence-corrected chi connectivity index (χ0v) is 11.8. The third kappa shape index (κ3) is 3.25. The summed E-state index contributed by atoms with van der Waals surface area (Å²) >= 11 is 5.56. The van der Waals surface area contributed by atoms with Gasteiger partial charge in [-0.2, -0.15) is 13.2 Å². The molecule has 4 nitrogen and oxygen atoms in total. The summed E-state index contributed by atoms with van der Waals surface area (Å²) in [4.78, 5) is 12.6. The summed E-state index contributed by atoms with van der Waals surface area (Å²) in [6.45, 7) is 0. The molecule has 2 amide bonds. The quantitative estimate of drug-likeness (QED) is 0.812. The molecule has 2 aromatic carbocycles. The Bertz CT molecular complexity index is 701. The van der Waals surface area contributed by atoms with Crippen LogP contribution < -0.4 is 16.4 Å². The van der Waals surface area contributed by atoms with Crippen molar-refractivity contribution < 1.29 is 18.0 Å². The fraction of sp³-hybridized carbons (Fsp3) is 0.0714. The van der Waals surface area contributed by atoms with Crippen LogP contribution in [0.1, 0.15) is 5.56 Å². The Morgan fingerprint density at radius 1 is 1.05 bits per heavy atom. The van der Waals surface area contributed by atoms with Gasteiger partial charge in [0.2, 0.25) is 0 Å². The highest BCUT2D eigenvalue weighted by Gasteiger charge is 2.34. The summed E-state index contributed by atoms with van der Waals surface area (Å²) in [6.07, 6.45) is -4.64. The number of amides is 2. The molecular weight excluding hydrogens is 319 g/mol. The van der Waals surface area contributed by atoms with E-state index in [0.29, 0.717) is 5.69 Å². The summed E-state index contributed by atoms with van der Waals surface area (Å²) < 4.78 is 38.7. The molecule has 0 aromatic heterocycles. The van der Waals surface area contributed by atoms with Gasteiger partial charge >= 0.3 is 12.2 Å². The van der Waals surface area contributed by atoms with Crippen LogP contribution in [0.4, 0.5) is 35.0 Å². The molecule has 0 radical (unpaired) electrons. The third-order valence-electron chi connectivity index (χ3n) is 2.89. The Kier molecular flexibility index (Phi) is 4.18. The molecule has 0 fully saturated rings. The smallest absolute Gasteiger partial charge is 0.399 e. The monoisotopic (exact) mass is 329 g/mol. The lowest BCUT2D eigenvalue weighted by atomic mass is 10.1. The predicted molar refractivity (Wildman–Crippen MR) is 79.0 cm³/mol.